The van der Waals surface area contributed by atoms with Crippen molar-refractivity contribution in [1.82, 2.24) is 0 Å². The number of rotatable bonds is 4. The summed E-state index contributed by atoms with van der Waals surface area (Å²) < 4.78 is 13.4. The average Bonchev–Trinajstić information content (AvgIpc) is 2.31. The molecule has 1 heteroatoms. The van der Waals surface area contributed by atoms with Crippen LogP contribution in [0.2, 0.25) is 0 Å². The summed E-state index contributed by atoms with van der Waals surface area (Å²) in [4.78, 5) is 0. The van der Waals surface area contributed by atoms with E-state index in [0.717, 1.165) is 16.7 Å². The summed E-state index contributed by atoms with van der Waals surface area (Å²) in [6.45, 7) is 13.1. The highest BCUT2D eigenvalue weighted by atomic mass is 19.1. The first-order valence-corrected chi connectivity index (χ1v) is 5.42. The molecule has 0 aromatic carbocycles. The highest BCUT2D eigenvalue weighted by molar-refractivity contribution is 5.43. The second-order valence-corrected chi connectivity index (χ2v) is 3.79. The molecule has 0 aliphatic heterocycles. The molecule has 0 atom stereocenters. The molecule has 0 rings (SSSR count). The molecule has 0 aliphatic rings. The number of hydrogen-bond acceptors (Lipinski definition) is 0. The van der Waals surface area contributed by atoms with Crippen LogP contribution in [0.5, 0.6) is 0 Å². The van der Waals surface area contributed by atoms with Crippen molar-refractivity contribution in [3.05, 3.63) is 59.0 Å². The van der Waals surface area contributed by atoms with Crippen molar-refractivity contribution in [1.29, 1.82) is 0 Å². The molecular weight excluding hydrogens is 199 g/mol. The van der Waals surface area contributed by atoms with Crippen molar-refractivity contribution in [2.75, 3.05) is 0 Å². The van der Waals surface area contributed by atoms with Gasteiger partial charge in [-0.05, 0) is 56.9 Å². The van der Waals surface area contributed by atoms with Gasteiger partial charge in [0, 0.05) is 0 Å². The zero-order chi connectivity index (χ0) is 12.7. The fourth-order valence-electron chi connectivity index (χ4n) is 1.31. The first-order chi connectivity index (χ1) is 7.45. The predicted molar refractivity (Wildman–Crippen MR) is 71.0 cm³/mol. The minimum Gasteiger partial charge on any atom is -0.207 e. The predicted octanol–water partition coefficient (Wildman–Crippen LogP) is 5.27. The average molecular weight is 220 g/mol. The lowest BCUT2D eigenvalue weighted by Gasteiger charge is -2.09. The van der Waals surface area contributed by atoms with Gasteiger partial charge in [0.2, 0.25) is 0 Å². The van der Waals surface area contributed by atoms with E-state index >= 15 is 0 Å². The molecule has 0 saturated carbocycles. The van der Waals surface area contributed by atoms with Crippen molar-refractivity contribution in [2.24, 2.45) is 0 Å². The van der Waals surface area contributed by atoms with Crippen LogP contribution >= 0.6 is 0 Å². The molecule has 0 spiro atoms. The minimum atomic E-state index is -0.155. The molecule has 0 aliphatic carbocycles. The Hall–Kier alpha value is -1.37. The van der Waals surface area contributed by atoms with E-state index in [-0.39, 0.29) is 5.83 Å². The van der Waals surface area contributed by atoms with Gasteiger partial charge in [0.25, 0.3) is 0 Å². The van der Waals surface area contributed by atoms with Crippen LogP contribution < -0.4 is 0 Å². The lowest BCUT2D eigenvalue weighted by Crippen LogP contribution is -1.90. The molecule has 16 heavy (non-hydrogen) atoms. The van der Waals surface area contributed by atoms with Gasteiger partial charge < -0.3 is 0 Å². The van der Waals surface area contributed by atoms with Crippen LogP contribution in [-0.4, -0.2) is 0 Å². The highest BCUT2D eigenvalue weighted by Crippen LogP contribution is 2.23. The van der Waals surface area contributed by atoms with E-state index in [9.17, 15) is 4.39 Å². The first-order valence-electron chi connectivity index (χ1n) is 5.42. The van der Waals surface area contributed by atoms with E-state index < -0.39 is 0 Å². The maximum Gasteiger partial charge on any atom is 0.122 e. The fraction of sp³-hybridized carbons (Fsp3) is 0.333. The fourth-order valence-corrected chi connectivity index (χ4v) is 1.31. The van der Waals surface area contributed by atoms with E-state index in [1.54, 1.807) is 19.9 Å². The highest BCUT2D eigenvalue weighted by Gasteiger charge is 2.05. The first kappa shape index (κ1) is 14.6. The van der Waals surface area contributed by atoms with Gasteiger partial charge in [-0.15, -0.1) is 0 Å². The Morgan fingerprint density at radius 2 is 1.56 bits per heavy atom. The molecule has 0 amide bonds. The van der Waals surface area contributed by atoms with Crippen LogP contribution in [0.1, 0.15) is 34.6 Å². The maximum absolute atomic E-state index is 13.4. The monoisotopic (exact) mass is 220 g/mol. The topological polar surface area (TPSA) is 0 Å². The summed E-state index contributed by atoms with van der Waals surface area (Å²) in [5, 5.41) is 0. The zero-order valence-electron chi connectivity index (χ0n) is 10.9. The van der Waals surface area contributed by atoms with Crippen molar-refractivity contribution >= 4 is 0 Å². The van der Waals surface area contributed by atoms with Crippen molar-refractivity contribution in [2.45, 2.75) is 34.6 Å². The molecule has 0 radical (unpaired) electrons. The van der Waals surface area contributed by atoms with Crippen LogP contribution in [0.15, 0.2) is 59.0 Å². The van der Waals surface area contributed by atoms with E-state index in [1.807, 2.05) is 32.9 Å². The van der Waals surface area contributed by atoms with Crippen LogP contribution in [0, 0.1) is 0 Å². The molecular formula is C15H21F. The third kappa shape index (κ3) is 4.01. The lowest BCUT2D eigenvalue weighted by atomic mass is 9.98. The summed E-state index contributed by atoms with van der Waals surface area (Å²) in [5.74, 6) is -0.155. The number of hydrogen-bond donors (Lipinski definition) is 0. The van der Waals surface area contributed by atoms with Gasteiger partial charge in [0.1, 0.15) is 5.83 Å². The minimum absolute atomic E-state index is 0.155. The SMILES string of the molecule is C=C\C=C/C(C)=C(C)/C(C)=C(C)/C(F)=C\C. The molecule has 0 unspecified atom stereocenters. The Morgan fingerprint density at radius 3 is 2.00 bits per heavy atom. The van der Waals surface area contributed by atoms with Gasteiger partial charge in [-0.3, -0.25) is 0 Å². The van der Waals surface area contributed by atoms with Crippen LogP contribution in [0.3, 0.4) is 0 Å². The molecule has 0 saturated heterocycles. The third-order valence-corrected chi connectivity index (χ3v) is 2.81. The molecule has 0 nitrogen and oxygen atoms in total. The Bertz CT molecular complexity index is 376. The Balaban J connectivity index is 5.34. The van der Waals surface area contributed by atoms with E-state index in [1.165, 1.54) is 6.08 Å². The largest absolute Gasteiger partial charge is 0.207 e. The molecule has 88 valence electrons. The molecule has 0 bridgehead atoms. The second-order valence-electron chi connectivity index (χ2n) is 3.79. The smallest absolute Gasteiger partial charge is 0.122 e. The van der Waals surface area contributed by atoms with Gasteiger partial charge in [0.05, 0.1) is 0 Å². The van der Waals surface area contributed by atoms with Crippen molar-refractivity contribution < 1.29 is 4.39 Å². The van der Waals surface area contributed by atoms with Gasteiger partial charge in [-0.25, -0.2) is 4.39 Å². The van der Waals surface area contributed by atoms with Gasteiger partial charge in [-0.1, -0.05) is 30.9 Å². The van der Waals surface area contributed by atoms with Crippen molar-refractivity contribution in [3.63, 3.8) is 0 Å². The molecule has 0 aromatic rings. The van der Waals surface area contributed by atoms with E-state index in [2.05, 4.69) is 6.58 Å². The molecule has 0 aromatic heterocycles. The normalized spacial score (nSPS) is 16.0. The molecule has 0 N–H and O–H groups in total. The third-order valence-electron chi connectivity index (χ3n) is 2.81. The van der Waals surface area contributed by atoms with Crippen molar-refractivity contribution in [3.8, 4) is 0 Å². The Morgan fingerprint density at radius 1 is 1.00 bits per heavy atom. The quantitative estimate of drug-likeness (QED) is 0.566. The van der Waals surface area contributed by atoms with Gasteiger partial charge >= 0.3 is 0 Å². The summed E-state index contributed by atoms with van der Waals surface area (Å²) in [6, 6.07) is 0. The van der Waals surface area contributed by atoms with Gasteiger partial charge in [0.15, 0.2) is 0 Å². The Kier molecular flexibility index (Phi) is 6.40. The molecule has 0 fully saturated rings. The summed E-state index contributed by atoms with van der Waals surface area (Å²) in [5.41, 5.74) is 3.92. The lowest BCUT2D eigenvalue weighted by molar-refractivity contribution is 0.647. The maximum atomic E-state index is 13.4. The summed E-state index contributed by atoms with van der Waals surface area (Å²) in [7, 11) is 0. The van der Waals surface area contributed by atoms with Crippen LogP contribution in [0.4, 0.5) is 4.39 Å². The van der Waals surface area contributed by atoms with E-state index in [4.69, 9.17) is 0 Å². The standard InChI is InChI=1S/C15H21F/c1-7-9-10-11(3)12(4)13(5)14(6)15(16)8-2/h7-10H,1H2,2-6H3/b10-9-,12-11+,14-13+,15-8+. The number of allylic oxidation sites excluding steroid dienone is 9. The summed E-state index contributed by atoms with van der Waals surface area (Å²) in [6.07, 6.45) is 7.08. The zero-order valence-corrected chi connectivity index (χ0v) is 10.9. The molecule has 0 heterocycles. The Labute approximate surface area is 98.6 Å². The van der Waals surface area contributed by atoms with Crippen LogP contribution in [-0.2, 0) is 0 Å². The van der Waals surface area contributed by atoms with Gasteiger partial charge in [-0.2, -0.15) is 0 Å². The van der Waals surface area contributed by atoms with Crippen LogP contribution in [0.25, 0.3) is 0 Å². The van der Waals surface area contributed by atoms with E-state index in [0.29, 0.717) is 5.57 Å². The number of halogens is 1. The second kappa shape index (κ2) is 7.00. The summed E-state index contributed by atoms with van der Waals surface area (Å²) >= 11 is 0.